The molecule has 1 aromatic carbocycles. The van der Waals surface area contributed by atoms with Gasteiger partial charge in [-0.25, -0.2) is 19.7 Å². The molecule has 0 aliphatic heterocycles. The molecule has 0 spiro atoms. The molecule has 0 saturated heterocycles. The van der Waals surface area contributed by atoms with Gasteiger partial charge in [0.2, 0.25) is 5.95 Å². The number of rotatable bonds is 3. The molecule has 0 aliphatic carbocycles. The van der Waals surface area contributed by atoms with Crippen LogP contribution < -0.4 is 11.1 Å². The van der Waals surface area contributed by atoms with Crippen LogP contribution in [0.4, 0.5) is 11.8 Å². The van der Waals surface area contributed by atoms with E-state index < -0.39 is 5.97 Å². The number of halogens is 1. The van der Waals surface area contributed by atoms with E-state index >= 15 is 0 Å². The van der Waals surface area contributed by atoms with Gasteiger partial charge in [0.25, 0.3) is 0 Å². The van der Waals surface area contributed by atoms with E-state index in [0.29, 0.717) is 22.5 Å². The summed E-state index contributed by atoms with van der Waals surface area (Å²) in [5.74, 6) is 5.84. The Hall–Kier alpha value is -3.63. The summed E-state index contributed by atoms with van der Waals surface area (Å²) < 4.78 is 0. The number of hydrogen-bond acceptors (Lipinski definition) is 6. The van der Waals surface area contributed by atoms with Gasteiger partial charge in [-0.2, -0.15) is 0 Å². The SMILES string of the molecule is CNc1ccc(C#Cc2c(C)nc(N)nc2-c2ccc(C(=O)O)c(Cl)c2)cn1. The number of nitrogens with one attached hydrogen (secondary N) is 1. The van der Waals surface area contributed by atoms with Gasteiger partial charge in [0.05, 0.1) is 27.5 Å². The van der Waals surface area contributed by atoms with Gasteiger partial charge in [0, 0.05) is 24.4 Å². The topological polar surface area (TPSA) is 114 Å². The van der Waals surface area contributed by atoms with Crippen LogP contribution in [0.2, 0.25) is 5.02 Å². The fourth-order valence-electron chi connectivity index (χ4n) is 2.54. The lowest BCUT2D eigenvalue weighted by atomic mass is 10.0. The summed E-state index contributed by atoms with van der Waals surface area (Å²) in [4.78, 5) is 23.9. The Bertz CT molecular complexity index is 1120. The third kappa shape index (κ3) is 4.03. The van der Waals surface area contributed by atoms with Crippen molar-refractivity contribution in [2.45, 2.75) is 6.92 Å². The van der Waals surface area contributed by atoms with Crippen molar-refractivity contribution in [3.8, 4) is 23.1 Å². The first-order valence-corrected chi connectivity index (χ1v) is 8.60. The molecule has 8 heteroatoms. The molecule has 2 aromatic heterocycles. The highest BCUT2D eigenvalue weighted by Crippen LogP contribution is 2.28. The molecular formula is C20H16ClN5O2. The number of anilines is 2. The van der Waals surface area contributed by atoms with E-state index in [1.165, 1.54) is 12.1 Å². The molecule has 3 rings (SSSR count). The summed E-state index contributed by atoms with van der Waals surface area (Å²) in [6.07, 6.45) is 1.66. The van der Waals surface area contributed by atoms with Crippen LogP contribution in [-0.4, -0.2) is 33.1 Å². The zero-order valence-corrected chi connectivity index (χ0v) is 15.9. The number of benzene rings is 1. The quantitative estimate of drug-likeness (QED) is 0.585. The van der Waals surface area contributed by atoms with Crippen LogP contribution in [0.25, 0.3) is 11.3 Å². The van der Waals surface area contributed by atoms with Crippen LogP contribution in [0, 0.1) is 18.8 Å². The number of pyridine rings is 1. The minimum absolute atomic E-state index is 0.00694. The normalized spacial score (nSPS) is 10.1. The van der Waals surface area contributed by atoms with Gasteiger partial charge in [-0.05, 0) is 31.2 Å². The van der Waals surface area contributed by atoms with Crippen LogP contribution in [-0.2, 0) is 0 Å². The highest BCUT2D eigenvalue weighted by Gasteiger charge is 2.15. The maximum absolute atomic E-state index is 11.2. The number of carboxylic acid groups (broad SMARTS) is 1. The van der Waals surface area contributed by atoms with Gasteiger partial charge >= 0.3 is 5.97 Å². The minimum Gasteiger partial charge on any atom is -0.478 e. The summed E-state index contributed by atoms with van der Waals surface area (Å²) in [7, 11) is 1.79. The highest BCUT2D eigenvalue weighted by molar-refractivity contribution is 6.33. The van der Waals surface area contributed by atoms with Gasteiger partial charge in [-0.15, -0.1) is 0 Å². The molecule has 4 N–H and O–H groups in total. The summed E-state index contributed by atoms with van der Waals surface area (Å²) in [5, 5.41) is 12.2. The van der Waals surface area contributed by atoms with Crippen molar-refractivity contribution in [3.63, 3.8) is 0 Å². The maximum Gasteiger partial charge on any atom is 0.337 e. The molecule has 2 heterocycles. The molecule has 140 valence electrons. The second kappa shape index (κ2) is 7.94. The summed E-state index contributed by atoms with van der Waals surface area (Å²) in [6, 6.07) is 8.23. The first kappa shape index (κ1) is 19.1. The van der Waals surface area contributed by atoms with Gasteiger partial charge in [-0.1, -0.05) is 29.5 Å². The maximum atomic E-state index is 11.2. The van der Waals surface area contributed by atoms with Crippen molar-refractivity contribution in [1.82, 2.24) is 15.0 Å². The second-order valence-electron chi connectivity index (χ2n) is 5.82. The first-order chi connectivity index (χ1) is 13.4. The Balaban J connectivity index is 2.09. The van der Waals surface area contributed by atoms with Crippen molar-refractivity contribution >= 4 is 29.3 Å². The molecular weight excluding hydrogens is 378 g/mol. The largest absolute Gasteiger partial charge is 0.478 e. The fourth-order valence-corrected chi connectivity index (χ4v) is 2.80. The summed E-state index contributed by atoms with van der Waals surface area (Å²) in [6.45, 7) is 1.78. The molecule has 0 bridgehead atoms. The number of aromatic carboxylic acids is 1. The van der Waals surface area contributed by atoms with Gasteiger partial charge in [0.1, 0.15) is 5.82 Å². The smallest absolute Gasteiger partial charge is 0.337 e. The Morgan fingerprint density at radius 3 is 2.61 bits per heavy atom. The standard InChI is InChI=1S/C20H16ClN5O2/c1-11-14(6-3-12-4-8-17(23-2)24-10-12)18(26-20(22)25-11)13-5-7-15(19(27)28)16(21)9-13/h4-5,7-10H,1-2H3,(H,23,24)(H,27,28)(H2,22,25,26). The Labute approximate surface area is 166 Å². The van der Waals surface area contributed by atoms with E-state index in [1.54, 1.807) is 26.2 Å². The lowest BCUT2D eigenvalue weighted by molar-refractivity contribution is 0.0697. The van der Waals surface area contributed by atoms with E-state index in [2.05, 4.69) is 32.1 Å². The molecule has 0 radical (unpaired) electrons. The molecule has 0 aliphatic rings. The summed E-state index contributed by atoms with van der Waals surface area (Å²) in [5.41, 5.74) is 8.80. The predicted molar refractivity (Wildman–Crippen MR) is 108 cm³/mol. The average Bonchev–Trinajstić information content (AvgIpc) is 2.66. The number of nitrogens with two attached hydrogens (primary N) is 1. The number of aryl methyl sites for hydroxylation is 1. The van der Waals surface area contributed by atoms with Crippen molar-refractivity contribution in [2.75, 3.05) is 18.1 Å². The number of hydrogen-bond donors (Lipinski definition) is 3. The van der Waals surface area contributed by atoms with E-state index in [9.17, 15) is 4.79 Å². The molecule has 0 fully saturated rings. The predicted octanol–water partition coefficient (Wildman–Crippen LogP) is 3.22. The molecule has 0 amide bonds. The average molecular weight is 394 g/mol. The number of nitrogen functional groups attached to an aromatic ring is 1. The summed E-state index contributed by atoms with van der Waals surface area (Å²) >= 11 is 6.10. The number of nitrogens with zero attached hydrogens (tertiary/aromatic N) is 3. The zero-order valence-electron chi connectivity index (χ0n) is 15.1. The molecule has 0 unspecified atom stereocenters. The molecule has 28 heavy (non-hydrogen) atoms. The van der Waals surface area contributed by atoms with Crippen LogP contribution in [0.15, 0.2) is 36.5 Å². The second-order valence-corrected chi connectivity index (χ2v) is 6.23. The fraction of sp³-hybridized carbons (Fsp3) is 0.100. The molecule has 0 saturated carbocycles. The van der Waals surface area contributed by atoms with Gasteiger partial charge < -0.3 is 16.2 Å². The molecule has 3 aromatic rings. The van der Waals surface area contributed by atoms with Crippen LogP contribution >= 0.6 is 11.6 Å². The van der Waals surface area contributed by atoms with Crippen molar-refractivity contribution in [3.05, 3.63) is 63.9 Å². The third-order valence-corrected chi connectivity index (χ3v) is 4.24. The third-order valence-electron chi connectivity index (χ3n) is 3.93. The number of carboxylic acids is 1. The van der Waals surface area contributed by atoms with Crippen molar-refractivity contribution < 1.29 is 9.90 Å². The lowest BCUT2D eigenvalue weighted by Gasteiger charge is -2.09. The highest BCUT2D eigenvalue weighted by atomic mass is 35.5. The molecule has 0 atom stereocenters. The van der Waals surface area contributed by atoms with Crippen molar-refractivity contribution in [2.24, 2.45) is 0 Å². The monoisotopic (exact) mass is 393 g/mol. The lowest BCUT2D eigenvalue weighted by Crippen LogP contribution is -2.03. The van der Waals surface area contributed by atoms with E-state index in [0.717, 1.165) is 11.4 Å². The van der Waals surface area contributed by atoms with Crippen LogP contribution in [0.1, 0.15) is 27.2 Å². The number of carbonyl (C=O) groups is 1. The Morgan fingerprint density at radius 1 is 1.21 bits per heavy atom. The van der Waals surface area contributed by atoms with E-state index in [-0.39, 0.29) is 16.5 Å². The van der Waals surface area contributed by atoms with Crippen molar-refractivity contribution in [1.29, 1.82) is 0 Å². The van der Waals surface area contributed by atoms with Crippen LogP contribution in [0.5, 0.6) is 0 Å². The Morgan fingerprint density at radius 2 is 2.00 bits per heavy atom. The minimum atomic E-state index is -1.10. The zero-order chi connectivity index (χ0) is 20.3. The van der Waals surface area contributed by atoms with E-state index in [4.69, 9.17) is 22.4 Å². The first-order valence-electron chi connectivity index (χ1n) is 8.22. The van der Waals surface area contributed by atoms with Crippen LogP contribution in [0.3, 0.4) is 0 Å². The number of aromatic nitrogens is 3. The molecule has 7 nitrogen and oxygen atoms in total. The van der Waals surface area contributed by atoms with Gasteiger partial charge in [0.15, 0.2) is 0 Å². The Kier molecular flexibility index (Phi) is 5.43. The van der Waals surface area contributed by atoms with E-state index in [1.807, 2.05) is 12.1 Å². The van der Waals surface area contributed by atoms with Gasteiger partial charge in [-0.3, -0.25) is 0 Å².